The van der Waals surface area contributed by atoms with Gasteiger partial charge in [-0.1, -0.05) is 18.2 Å². The number of aliphatic hydroxyl groups is 1. The van der Waals surface area contributed by atoms with E-state index in [1.54, 1.807) is 6.20 Å². The minimum Gasteiger partial charge on any atom is -0.480 e. The molecular formula is C25H37N7O7. The molecule has 1 aromatic carbocycles. The highest BCUT2D eigenvalue weighted by Crippen LogP contribution is 2.18. The Morgan fingerprint density at radius 2 is 1.64 bits per heavy atom. The lowest BCUT2D eigenvalue weighted by atomic mass is 10.0. The van der Waals surface area contributed by atoms with Crippen LogP contribution in [0.5, 0.6) is 0 Å². The zero-order valence-corrected chi connectivity index (χ0v) is 21.7. The van der Waals surface area contributed by atoms with Gasteiger partial charge in [0.2, 0.25) is 23.6 Å². The van der Waals surface area contributed by atoms with Crippen LogP contribution in [0.1, 0.15) is 38.2 Å². The summed E-state index contributed by atoms with van der Waals surface area (Å²) in [6, 6.07) is 2.00. The first kappa shape index (κ1) is 31.2. The second-order valence-corrected chi connectivity index (χ2v) is 9.31. The molecule has 2 aromatic rings. The van der Waals surface area contributed by atoms with Crippen LogP contribution in [0.3, 0.4) is 0 Å². The zero-order chi connectivity index (χ0) is 29.1. The predicted octanol–water partition coefficient (Wildman–Crippen LogP) is -2.04. The molecule has 5 unspecified atom stereocenters. The largest absolute Gasteiger partial charge is 0.480 e. The number of nitrogens with one attached hydrogen (secondary N) is 4. The third-order valence-electron chi connectivity index (χ3n) is 6.11. The fraction of sp³-hybridized carbons (Fsp3) is 0.480. The van der Waals surface area contributed by atoms with Gasteiger partial charge in [-0.3, -0.25) is 19.2 Å². The number of H-pyrrole nitrogens is 1. The van der Waals surface area contributed by atoms with E-state index in [2.05, 4.69) is 20.9 Å². The van der Waals surface area contributed by atoms with Gasteiger partial charge < -0.3 is 48.3 Å². The van der Waals surface area contributed by atoms with E-state index in [1.165, 1.54) is 6.92 Å². The molecule has 14 heteroatoms. The highest BCUT2D eigenvalue weighted by Gasteiger charge is 2.33. The number of nitrogens with two attached hydrogens (primary N) is 3. The number of benzene rings is 1. The van der Waals surface area contributed by atoms with Gasteiger partial charge in [0.15, 0.2) is 0 Å². The lowest BCUT2D eigenvalue weighted by Gasteiger charge is -2.26. The van der Waals surface area contributed by atoms with Gasteiger partial charge >= 0.3 is 5.97 Å². The summed E-state index contributed by atoms with van der Waals surface area (Å²) in [7, 11) is 0. The first-order valence-electron chi connectivity index (χ1n) is 12.6. The first-order valence-corrected chi connectivity index (χ1v) is 12.6. The van der Waals surface area contributed by atoms with Crippen LogP contribution in [0.15, 0.2) is 30.5 Å². The third kappa shape index (κ3) is 9.35. The van der Waals surface area contributed by atoms with Crippen LogP contribution in [0.25, 0.3) is 10.9 Å². The van der Waals surface area contributed by atoms with Crippen LogP contribution >= 0.6 is 0 Å². The molecule has 39 heavy (non-hydrogen) atoms. The number of hydrogen-bond acceptors (Lipinski definition) is 8. The van der Waals surface area contributed by atoms with Gasteiger partial charge in [-0.05, 0) is 50.8 Å². The molecule has 0 aliphatic heterocycles. The summed E-state index contributed by atoms with van der Waals surface area (Å²) >= 11 is 0. The van der Waals surface area contributed by atoms with Gasteiger partial charge in [0.25, 0.3) is 0 Å². The highest BCUT2D eigenvalue weighted by atomic mass is 16.4. The maximum atomic E-state index is 13.0. The fourth-order valence-corrected chi connectivity index (χ4v) is 3.99. The summed E-state index contributed by atoms with van der Waals surface area (Å²) in [6.45, 7) is 1.59. The van der Waals surface area contributed by atoms with Crippen molar-refractivity contribution in [1.82, 2.24) is 20.9 Å². The van der Waals surface area contributed by atoms with Crippen molar-refractivity contribution in [2.45, 2.75) is 69.3 Å². The number of primary amides is 1. The number of aliphatic carboxylic acids is 1. The van der Waals surface area contributed by atoms with Gasteiger partial charge in [0.1, 0.15) is 18.1 Å². The molecule has 12 N–H and O–H groups in total. The molecule has 14 nitrogen and oxygen atoms in total. The van der Waals surface area contributed by atoms with Gasteiger partial charge in [-0.15, -0.1) is 0 Å². The zero-order valence-electron chi connectivity index (χ0n) is 21.7. The van der Waals surface area contributed by atoms with E-state index in [4.69, 9.17) is 17.2 Å². The molecule has 1 heterocycles. The number of aliphatic hydroxyl groups excluding tert-OH is 1. The standard InChI is InChI=1S/C25H37N7O7/c1-13(33)21(32-22(35)16(27)10-14-12-29-17-7-3-2-6-15(14)17)24(37)31-19(11-20(28)34)23(36)30-18(25(38)39)8-4-5-9-26/h2-3,6-7,12-13,16,18-19,21,29,33H,4-5,8-11,26-27H2,1H3,(H2,28,34)(H,30,36)(H,31,37)(H,32,35)(H,38,39). The van der Waals surface area contributed by atoms with Crippen LogP contribution in [0.4, 0.5) is 0 Å². The molecule has 5 atom stereocenters. The molecule has 2 rings (SSSR count). The third-order valence-corrected chi connectivity index (χ3v) is 6.11. The summed E-state index contributed by atoms with van der Waals surface area (Å²) in [6.07, 6.45) is 0.856. The first-order chi connectivity index (χ1) is 18.4. The van der Waals surface area contributed by atoms with Crippen molar-refractivity contribution in [1.29, 1.82) is 0 Å². The molecule has 0 fully saturated rings. The number of carbonyl (C=O) groups is 5. The second-order valence-electron chi connectivity index (χ2n) is 9.31. The predicted molar refractivity (Wildman–Crippen MR) is 142 cm³/mol. The maximum Gasteiger partial charge on any atom is 0.326 e. The Bertz CT molecular complexity index is 1170. The Morgan fingerprint density at radius 3 is 2.26 bits per heavy atom. The summed E-state index contributed by atoms with van der Waals surface area (Å²) in [5.74, 6) is -4.93. The number of carboxylic acid groups (broad SMARTS) is 1. The van der Waals surface area contributed by atoms with Crippen LogP contribution in [-0.2, 0) is 30.4 Å². The van der Waals surface area contributed by atoms with Crippen molar-refractivity contribution in [3.63, 3.8) is 0 Å². The van der Waals surface area contributed by atoms with E-state index in [0.717, 1.165) is 16.5 Å². The number of aromatic nitrogens is 1. The van der Waals surface area contributed by atoms with Crippen LogP contribution in [-0.4, -0.2) is 81.6 Å². The summed E-state index contributed by atoms with van der Waals surface area (Å²) in [5.41, 5.74) is 18.4. The van der Waals surface area contributed by atoms with Crippen LogP contribution in [0.2, 0.25) is 0 Å². The number of hydrogen-bond donors (Lipinski definition) is 9. The monoisotopic (exact) mass is 547 g/mol. The summed E-state index contributed by atoms with van der Waals surface area (Å²) in [4.78, 5) is 64.7. The van der Waals surface area contributed by atoms with Gasteiger partial charge in [0, 0.05) is 17.1 Å². The second kappa shape index (κ2) is 14.8. The quantitative estimate of drug-likeness (QED) is 0.105. The Hall–Kier alpha value is -4.01. The maximum absolute atomic E-state index is 13.0. The number of aromatic amines is 1. The number of carbonyl (C=O) groups excluding carboxylic acids is 4. The van der Waals surface area contributed by atoms with E-state index in [-0.39, 0.29) is 12.8 Å². The Morgan fingerprint density at radius 1 is 0.974 bits per heavy atom. The number of para-hydroxylation sites is 1. The molecule has 0 radical (unpaired) electrons. The van der Waals surface area contributed by atoms with Gasteiger partial charge in [-0.25, -0.2) is 4.79 Å². The van der Waals surface area contributed by atoms with Crippen molar-refractivity contribution >= 4 is 40.5 Å². The Balaban J connectivity index is 2.08. The summed E-state index contributed by atoms with van der Waals surface area (Å²) < 4.78 is 0. The highest BCUT2D eigenvalue weighted by molar-refractivity contribution is 5.96. The molecule has 0 aliphatic carbocycles. The smallest absolute Gasteiger partial charge is 0.326 e. The van der Waals surface area contributed by atoms with Crippen molar-refractivity contribution < 1.29 is 34.2 Å². The van der Waals surface area contributed by atoms with E-state index >= 15 is 0 Å². The molecular weight excluding hydrogens is 510 g/mol. The summed E-state index contributed by atoms with van der Waals surface area (Å²) in [5, 5.41) is 27.4. The Kier molecular flexibility index (Phi) is 11.8. The van der Waals surface area contributed by atoms with Gasteiger partial charge in [-0.2, -0.15) is 0 Å². The molecule has 0 aliphatic rings. The lowest BCUT2D eigenvalue weighted by Crippen LogP contribution is -2.60. The van der Waals surface area contributed by atoms with Crippen LogP contribution < -0.4 is 33.2 Å². The lowest BCUT2D eigenvalue weighted by molar-refractivity contribution is -0.142. The topological polar surface area (TPSA) is 256 Å². The minimum absolute atomic E-state index is 0.0795. The number of carboxylic acids is 1. The van der Waals surface area contributed by atoms with E-state index in [9.17, 15) is 34.2 Å². The van der Waals surface area contributed by atoms with Crippen molar-refractivity contribution in [3.8, 4) is 0 Å². The fourth-order valence-electron chi connectivity index (χ4n) is 3.99. The molecule has 0 saturated carbocycles. The van der Waals surface area contributed by atoms with E-state index < -0.39 is 66.3 Å². The molecule has 4 amide bonds. The van der Waals surface area contributed by atoms with Crippen molar-refractivity contribution in [2.24, 2.45) is 17.2 Å². The number of fused-ring (bicyclic) bond motifs is 1. The average Bonchev–Trinajstić information content (AvgIpc) is 3.28. The van der Waals surface area contributed by atoms with Crippen LogP contribution in [0, 0.1) is 0 Å². The number of amides is 4. The molecule has 1 aromatic heterocycles. The Labute approximate surface area is 225 Å². The number of rotatable bonds is 16. The normalized spacial score (nSPS) is 15.0. The minimum atomic E-state index is -1.55. The van der Waals surface area contributed by atoms with Crippen molar-refractivity contribution in [2.75, 3.05) is 6.54 Å². The van der Waals surface area contributed by atoms with E-state index in [1.807, 2.05) is 24.3 Å². The molecule has 0 bridgehead atoms. The number of unbranched alkanes of at least 4 members (excludes halogenated alkanes) is 1. The van der Waals surface area contributed by atoms with Crippen molar-refractivity contribution in [3.05, 3.63) is 36.0 Å². The molecule has 0 saturated heterocycles. The molecule has 214 valence electrons. The average molecular weight is 548 g/mol. The van der Waals surface area contributed by atoms with E-state index in [0.29, 0.717) is 19.4 Å². The molecule has 0 spiro atoms. The van der Waals surface area contributed by atoms with Gasteiger partial charge in [0.05, 0.1) is 18.6 Å². The SMILES string of the molecule is CC(O)C(NC(=O)C(N)Cc1c[nH]c2ccccc12)C(=O)NC(CC(N)=O)C(=O)NC(CCCCN)C(=O)O.